The molecule has 212 valence electrons. The van der Waals surface area contributed by atoms with E-state index in [-0.39, 0.29) is 30.3 Å². The predicted octanol–water partition coefficient (Wildman–Crippen LogP) is 1.79. The van der Waals surface area contributed by atoms with Gasteiger partial charge in [0.1, 0.15) is 11.9 Å². The Morgan fingerprint density at radius 3 is 2.54 bits per heavy atom. The molecule has 0 aromatic heterocycles. The largest absolute Gasteiger partial charge is 0.385 e. The molecule has 2 amide bonds. The van der Waals surface area contributed by atoms with E-state index in [1.165, 1.54) is 28.6 Å². The van der Waals surface area contributed by atoms with Gasteiger partial charge in [0, 0.05) is 26.8 Å². The molecule has 2 atom stereocenters. The van der Waals surface area contributed by atoms with Crippen LogP contribution < -0.4 is 10.6 Å². The summed E-state index contributed by atoms with van der Waals surface area (Å²) in [5, 5.41) is 5.89. The Morgan fingerprint density at radius 1 is 1.15 bits per heavy atom. The molecule has 4 rings (SSSR count). The van der Waals surface area contributed by atoms with Crippen molar-refractivity contribution in [1.82, 2.24) is 19.8 Å². The maximum Gasteiger partial charge on any atom is 0.243 e. The van der Waals surface area contributed by atoms with Crippen LogP contribution in [-0.2, 0) is 30.8 Å². The SMILES string of the molecule is COCCCNC(=O)C1C(Cc2cccc(F)c2)NC(=O)C2(CCN(C)CC2)CN1S(=O)(=O)c1ccccc1. The van der Waals surface area contributed by atoms with Crippen molar-refractivity contribution in [1.29, 1.82) is 0 Å². The quantitative estimate of drug-likeness (QED) is 0.453. The number of carbonyl (C=O) groups is 2. The fourth-order valence-electron chi connectivity index (χ4n) is 5.39. The van der Waals surface area contributed by atoms with E-state index in [0.29, 0.717) is 44.5 Å². The highest BCUT2D eigenvalue weighted by atomic mass is 32.2. The van der Waals surface area contributed by atoms with E-state index in [4.69, 9.17) is 4.74 Å². The summed E-state index contributed by atoms with van der Waals surface area (Å²) in [4.78, 5) is 29.8. The van der Waals surface area contributed by atoms with E-state index in [9.17, 15) is 22.4 Å². The molecule has 2 N–H and O–H groups in total. The van der Waals surface area contributed by atoms with Crippen LogP contribution in [0.25, 0.3) is 0 Å². The lowest BCUT2D eigenvalue weighted by atomic mass is 9.77. The van der Waals surface area contributed by atoms with Crippen molar-refractivity contribution < 1.29 is 27.1 Å². The molecule has 39 heavy (non-hydrogen) atoms. The van der Waals surface area contributed by atoms with E-state index in [0.717, 1.165) is 0 Å². The van der Waals surface area contributed by atoms with Crippen molar-refractivity contribution >= 4 is 21.8 Å². The molecule has 0 radical (unpaired) electrons. The summed E-state index contributed by atoms with van der Waals surface area (Å²) in [7, 11) is -0.669. The Morgan fingerprint density at radius 2 is 1.87 bits per heavy atom. The first-order chi connectivity index (χ1) is 18.7. The lowest BCUT2D eigenvalue weighted by Gasteiger charge is -2.40. The highest BCUT2D eigenvalue weighted by Gasteiger charge is 2.53. The van der Waals surface area contributed by atoms with Gasteiger partial charge in [0.2, 0.25) is 21.8 Å². The molecule has 2 saturated heterocycles. The minimum atomic E-state index is -4.19. The normalized spacial score (nSPS) is 22.3. The zero-order chi connectivity index (χ0) is 28.0. The van der Waals surface area contributed by atoms with Crippen LogP contribution in [0.5, 0.6) is 0 Å². The molecule has 0 bridgehead atoms. The minimum Gasteiger partial charge on any atom is -0.385 e. The Bertz CT molecular complexity index is 1250. The van der Waals surface area contributed by atoms with Crippen LogP contribution >= 0.6 is 0 Å². The first-order valence-electron chi connectivity index (χ1n) is 13.2. The standard InChI is InChI=1S/C28H37FN4O5S/c1-32-15-12-28(13-16-32)20-33(39(36,37)23-10-4-3-5-11-23)25(26(34)30-14-7-17-38-2)24(31-27(28)35)19-21-8-6-9-22(29)18-21/h3-6,8-11,18,24-25H,7,12-17,19-20H2,1-2H3,(H,30,34)(H,31,35). The van der Waals surface area contributed by atoms with Gasteiger partial charge < -0.3 is 20.3 Å². The van der Waals surface area contributed by atoms with Crippen molar-refractivity contribution in [3.8, 4) is 0 Å². The van der Waals surface area contributed by atoms with Gasteiger partial charge in [-0.15, -0.1) is 0 Å². The number of hydrogen-bond acceptors (Lipinski definition) is 6. The van der Waals surface area contributed by atoms with Crippen LogP contribution in [0, 0.1) is 11.2 Å². The number of rotatable bonds is 9. The second kappa shape index (κ2) is 12.5. The van der Waals surface area contributed by atoms with Crippen molar-refractivity contribution in [2.75, 3.05) is 46.9 Å². The lowest BCUT2D eigenvalue weighted by Crippen LogP contribution is -2.58. The summed E-state index contributed by atoms with van der Waals surface area (Å²) in [5.74, 6) is -1.24. The molecule has 2 aliphatic rings. The first kappa shape index (κ1) is 29.1. The number of hydrogen-bond donors (Lipinski definition) is 2. The Balaban J connectivity index is 1.81. The zero-order valence-electron chi connectivity index (χ0n) is 22.4. The number of benzene rings is 2. The molecule has 2 heterocycles. The Hall–Kier alpha value is -2.86. The van der Waals surface area contributed by atoms with Crippen molar-refractivity contribution in [2.24, 2.45) is 5.41 Å². The summed E-state index contributed by atoms with van der Waals surface area (Å²) in [6.45, 7) is 1.82. The van der Waals surface area contributed by atoms with Gasteiger partial charge in [-0.2, -0.15) is 4.31 Å². The third-order valence-corrected chi connectivity index (χ3v) is 9.52. The highest BCUT2D eigenvalue weighted by Crippen LogP contribution is 2.38. The maximum atomic E-state index is 14.2. The molecule has 2 aromatic rings. The van der Waals surface area contributed by atoms with Crippen LogP contribution in [0.3, 0.4) is 0 Å². The lowest BCUT2D eigenvalue weighted by molar-refractivity contribution is -0.133. The Labute approximate surface area is 229 Å². The fourth-order valence-corrected chi connectivity index (χ4v) is 7.12. The molecule has 0 aliphatic carbocycles. The van der Waals surface area contributed by atoms with Gasteiger partial charge in [-0.25, -0.2) is 12.8 Å². The fraction of sp³-hybridized carbons (Fsp3) is 0.500. The van der Waals surface area contributed by atoms with Crippen LogP contribution in [0.2, 0.25) is 0 Å². The summed E-state index contributed by atoms with van der Waals surface area (Å²) in [6.07, 6.45) is 1.52. The number of methoxy groups -OCH3 is 1. The highest BCUT2D eigenvalue weighted by molar-refractivity contribution is 7.89. The van der Waals surface area contributed by atoms with Crippen LogP contribution in [-0.4, -0.2) is 88.5 Å². The molecule has 1 spiro atoms. The van der Waals surface area contributed by atoms with Gasteiger partial charge in [0.05, 0.1) is 16.4 Å². The third-order valence-electron chi connectivity index (χ3n) is 7.68. The summed E-state index contributed by atoms with van der Waals surface area (Å²) in [6, 6.07) is 11.7. The third kappa shape index (κ3) is 6.66. The smallest absolute Gasteiger partial charge is 0.243 e. The Kier molecular flexibility index (Phi) is 9.37. The molecule has 2 aromatic carbocycles. The average Bonchev–Trinajstić information content (AvgIpc) is 3.03. The number of nitrogens with zero attached hydrogens (tertiary/aromatic N) is 2. The van der Waals surface area contributed by atoms with Gasteiger partial charge in [-0.3, -0.25) is 9.59 Å². The van der Waals surface area contributed by atoms with Crippen molar-refractivity contribution in [3.05, 3.63) is 66.0 Å². The molecule has 2 fully saturated rings. The van der Waals surface area contributed by atoms with Crippen LogP contribution in [0.4, 0.5) is 4.39 Å². The van der Waals surface area contributed by atoms with Crippen LogP contribution in [0.1, 0.15) is 24.8 Å². The van der Waals surface area contributed by atoms with E-state index in [2.05, 4.69) is 15.5 Å². The van der Waals surface area contributed by atoms with Crippen molar-refractivity contribution in [2.45, 2.75) is 42.7 Å². The number of amides is 2. The maximum absolute atomic E-state index is 14.2. The molecule has 9 nitrogen and oxygen atoms in total. The molecule has 11 heteroatoms. The summed E-state index contributed by atoms with van der Waals surface area (Å²) >= 11 is 0. The number of ether oxygens (including phenoxy) is 1. The van der Waals surface area contributed by atoms with Gasteiger partial charge in [-0.05, 0) is 75.6 Å². The van der Waals surface area contributed by atoms with Crippen molar-refractivity contribution in [3.63, 3.8) is 0 Å². The second-order valence-corrected chi connectivity index (χ2v) is 12.3. The van der Waals surface area contributed by atoms with Gasteiger partial charge in [0.15, 0.2) is 0 Å². The number of nitrogens with one attached hydrogen (secondary N) is 2. The minimum absolute atomic E-state index is 0.0455. The van der Waals surface area contributed by atoms with E-state index >= 15 is 0 Å². The van der Waals surface area contributed by atoms with Gasteiger partial charge in [0.25, 0.3) is 0 Å². The molecule has 2 aliphatic heterocycles. The number of carbonyl (C=O) groups excluding carboxylic acids is 2. The average molecular weight is 561 g/mol. The number of halogens is 1. The zero-order valence-corrected chi connectivity index (χ0v) is 23.3. The topological polar surface area (TPSA) is 108 Å². The molecular weight excluding hydrogens is 523 g/mol. The van der Waals surface area contributed by atoms with E-state index in [1.807, 2.05) is 7.05 Å². The van der Waals surface area contributed by atoms with Gasteiger partial charge >= 0.3 is 0 Å². The van der Waals surface area contributed by atoms with E-state index < -0.39 is 39.2 Å². The van der Waals surface area contributed by atoms with Crippen LogP contribution in [0.15, 0.2) is 59.5 Å². The first-order valence-corrected chi connectivity index (χ1v) is 14.7. The van der Waals surface area contributed by atoms with E-state index in [1.54, 1.807) is 37.4 Å². The molecular formula is C28H37FN4O5S. The second-order valence-electron chi connectivity index (χ2n) is 10.4. The number of piperidine rings is 1. The monoisotopic (exact) mass is 560 g/mol. The predicted molar refractivity (Wildman–Crippen MR) is 145 cm³/mol. The number of sulfonamides is 1. The number of likely N-dealkylation sites (tertiary alicyclic amines) is 1. The van der Waals surface area contributed by atoms with Gasteiger partial charge in [-0.1, -0.05) is 30.3 Å². The summed E-state index contributed by atoms with van der Waals surface area (Å²) in [5.41, 5.74) is -0.450. The molecule has 0 saturated carbocycles. The summed E-state index contributed by atoms with van der Waals surface area (Å²) < 4.78 is 48.8. The molecule has 2 unspecified atom stereocenters.